The van der Waals surface area contributed by atoms with Crippen LogP contribution in [0.4, 0.5) is 13.2 Å². The van der Waals surface area contributed by atoms with Gasteiger partial charge < -0.3 is 0 Å². The number of hydrogen-bond donors (Lipinski definition) is 0. The second-order valence-electron chi connectivity index (χ2n) is 3.57. The molecule has 1 aromatic rings. The minimum atomic E-state index is -4.46. The van der Waals surface area contributed by atoms with Crippen molar-refractivity contribution in [1.29, 1.82) is 5.26 Å². The Morgan fingerprint density at radius 2 is 1.87 bits per heavy atom. The fourth-order valence-electron chi connectivity index (χ4n) is 1.26. The number of benzene rings is 1. The van der Waals surface area contributed by atoms with E-state index in [0.717, 1.165) is 11.6 Å². The zero-order valence-electron chi connectivity index (χ0n) is 8.39. The Kier molecular flexibility index (Phi) is 3.04. The molecule has 0 saturated carbocycles. The van der Waals surface area contributed by atoms with Crippen molar-refractivity contribution in [2.24, 2.45) is 0 Å². The molecule has 15 heavy (non-hydrogen) atoms. The molecule has 0 atom stereocenters. The molecule has 0 unspecified atom stereocenters. The third-order valence-electron chi connectivity index (χ3n) is 2.14. The number of rotatable bonds is 1. The molecule has 0 aliphatic heterocycles. The van der Waals surface area contributed by atoms with Crippen LogP contribution in [0.1, 0.15) is 36.5 Å². The van der Waals surface area contributed by atoms with E-state index in [9.17, 15) is 13.2 Å². The average Bonchev–Trinajstić information content (AvgIpc) is 2.15. The quantitative estimate of drug-likeness (QED) is 0.697. The van der Waals surface area contributed by atoms with Crippen LogP contribution in [0.5, 0.6) is 0 Å². The third kappa shape index (κ3) is 2.50. The van der Waals surface area contributed by atoms with Gasteiger partial charge in [0.05, 0.1) is 17.2 Å². The van der Waals surface area contributed by atoms with Gasteiger partial charge in [0.25, 0.3) is 0 Å². The summed E-state index contributed by atoms with van der Waals surface area (Å²) in [6.07, 6.45) is -4.46. The van der Waals surface area contributed by atoms with E-state index in [1.807, 2.05) is 13.8 Å². The number of hydrogen-bond acceptors (Lipinski definition) is 1. The van der Waals surface area contributed by atoms with Gasteiger partial charge >= 0.3 is 6.18 Å². The van der Waals surface area contributed by atoms with Gasteiger partial charge in [0.15, 0.2) is 0 Å². The minimum absolute atomic E-state index is 0.111. The fraction of sp³-hybridized carbons (Fsp3) is 0.364. The monoisotopic (exact) mass is 213 g/mol. The van der Waals surface area contributed by atoms with Gasteiger partial charge in [0, 0.05) is 0 Å². The van der Waals surface area contributed by atoms with E-state index in [2.05, 4.69) is 0 Å². The largest absolute Gasteiger partial charge is 0.417 e. The van der Waals surface area contributed by atoms with Gasteiger partial charge in [0.2, 0.25) is 0 Å². The SMILES string of the molecule is CC(C)c1ccc(C(F)(F)F)c(C#N)c1. The van der Waals surface area contributed by atoms with Crippen LogP contribution in [0, 0.1) is 11.3 Å². The first kappa shape index (κ1) is 11.6. The summed E-state index contributed by atoms with van der Waals surface area (Å²) >= 11 is 0. The summed E-state index contributed by atoms with van der Waals surface area (Å²) < 4.78 is 37.3. The zero-order chi connectivity index (χ0) is 11.6. The maximum atomic E-state index is 12.4. The Hall–Kier alpha value is -1.50. The summed E-state index contributed by atoms with van der Waals surface area (Å²) in [5.74, 6) is 0.111. The Labute approximate surface area is 86.1 Å². The first-order chi connectivity index (χ1) is 6.86. The van der Waals surface area contributed by atoms with Gasteiger partial charge in [-0.3, -0.25) is 0 Å². The highest BCUT2D eigenvalue weighted by atomic mass is 19.4. The Morgan fingerprint density at radius 1 is 1.27 bits per heavy atom. The van der Waals surface area contributed by atoms with Gasteiger partial charge in [-0.1, -0.05) is 19.9 Å². The van der Waals surface area contributed by atoms with E-state index in [0.29, 0.717) is 0 Å². The first-order valence-corrected chi connectivity index (χ1v) is 4.47. The van der Waals surface area contributed by atoms with E-state index in [-0.39, 0.29) is 11.5 Å². The highest BCUT2D eigenvalue weighted by Crippen LogP contribution is 2.33. The van der Waals surface area contributed by atoms with Crippen LogP contribution in [0.15, 0.2) is 18.2 Å². The molecule has 0 bridgehead atoms. The molecule has 80 valence electrons. The van der Waals surface area contributed by atoms with Crippen molar-refractivity contribution in [3.05, 3.63) is 34.9 Å². The van der Waals surface area contributed by atoms with Crippen LogP contribution in [0.3, 0.4) is 0 Å². The van der Waals surface area contributed by atoms with Gasteiger partial charge in [-0.05, 0) is 23.6 Å². The summed E-state index contributed by atoms with van der Waals surface area (Å²) in [4.78, 5) is 0. The molecule has 0 aliphatic rings. The van der Waals surface area contributed by atoms with E-state index in [1.165, 1.54) is 12.1 Å². The summed E-state index contributed by atoms with van der Waals surface area (Å²) in [5.41, 5.74) is -0.442. The number of alkyl halides is 3. The van der Waals surface area contributed by atoms with Crippen molar-refractivity contribution in [3.8, 4) is 6.07 Å². The third-order valence-corrected chi connectivity index (χ3v) is 2.14. The molecule has 4 heteroatoms. The lowest BCUT2D eigenvalue weighted by Crippen LogP contribution is -2.08. The maximum absolute atomic E-state index is 12.4. The van der Waals surface area contributed by atoms with Crippen molar-refractivity contribution in [1.82, 2.24) is 0 Å². The second kappa shape index (κ2) is 3.93. The molecule has 0 radical (unpaired) electrons. The van der Waals surface area contributed by atoms with Crippen LogP contribution in [-0.2, 0) is 6.18 Å². The van der Waals surface area contributed by atoms with Crippen LogP contribution < -0.4 is 0 Å². The smallest absolute Gasteiger partial charge is 0.192 e. The highest BCUT2D eigenvalue weighted by Gasteiger charge is 2.33. The van der Waals surface area contributed by atoms with Crippen LogP contribution in [0.25, 0.3) is 0 Å². The Morgan fingerprint density at radius 3 is 2.27 bits per heavy atom. The minimum Gasteiger partial charge on any atom is -0.192 e. The molecule has 0 saturated heterocycles. The molecular weight excluding hydrogens is 203 g/mol. The molecule has 1 nitrogen and oxygen atoms in total. The van der Waals surface area contributed by atoms with Crippen LogP contribution >= 0.6 is 0 Å². The molecular formula is C11H10F3N. The lowest BCUT2D eigenvalue weighted by Gasteiger charge is -2.11. The van der Waals surface area contributed by atoms with Gasteiger partial charge in [0.1, 0.15) is 0 Å². The summed E-state index contributed by atoms with van der Waals surface area (Å²) in [7, 11) is 0. The zero-order valence-corrected chi connectivity index (χ0v) is 8.39. The van der Waals surface area contributed by atoms with E-state index < -0.39 is 11.7 Å². The molecule has 1 rings (SSSR count). The molecule has 0 fully saturated rings. The van der Waals surface area contributed by atoms with Gasteiger partial charge in [-0.2, -0.15) is 18.4 Å². The van der Waals surface area contributed by atoms with Crippen LogP contribution in [0.2, 0.25) is 0 Å². The van der Waals surface area contributed by atoms with E-state index in [4.69, 9.17) is 5.26 Å². The lowest BCUT2D eigenvalue weighted by atomic mass is 9.97. The van der Waals surface area contributed by atoms with Gasteiger partial charge in [-0.25, -0.2) is 0 Å². The van der Waals surface area contributed by atoms with Gasteiger partial charge in [-0.15, -0.1) is 0 Å². The predicted molar refractivity (Wildman–Crippen MR) is 50.2 cm³/mol. The molecule has 0 spiro atoms. The molecule has 0 aliphatic carbocycles. The van der Waals surface area contributed by atoms with Crippen molar-refractivity contribution in [3.63, 3.8) is 0 Å². The number of nitrogens with zero attached hydrogens (tertiary/aromatic N) is 1. The topological polar surface area (TPSA) is 23.8 Å². The van der Waals surface area contributed by atoms with Crippen LogP contribution in [-0.4, -0.2) is 0 Å². The number of nitriles is 1. The number of halogens is 3. The van der Waals surface area contributed by atoms with Crippen molar-refractivity contribution < 1.29 is 13.2 Å². The summed E-state index contributed by atoms with van der Waals surface area (Å²) in [6.45, 7) is 3.73. The second-order valence-corrected chi connectivity index (χ2v) is 3.57. The maximum Gasteiger partial charge on any atom is 0.417 e. The molecule has 1 aromatic carbocycles. The Balaban J connectivity index is 3.29. The van der Waals surface area contributed by atoms with E-state index >= 15 is 0 Å². The molecule has 0 amide bonds. The first-order valence-electron chi connectivity index (χ1n) is 4.47. The average molecular weight is 213 g/mol. The standard InChI is InChI=1S/C11H10F3N/c1-7(2)8-3-4-10(11(12,13)14)9(5-8)6-15/h3-5,7H,1-2H3. The fourth-order valence-corrected chi connectivity index (χ4v) is 1.26. The molecule has 0 N–H and O–H groups in total. The van der Waals surface area contributed by atoms with Crippen molar-refractivity contribution in [2.75, 3.05) is 0 Å². The Bertz CT molecular complexity index is 399. The van der Waals surface area contributed by atoms with Crippen molar-refractivity contribution in [2.45, 2.75) is 25.9 Å². The summed E-state index contributed by atoms with van der Waals surface area (Å²) in [5, 5.41) is 8.64. The predicted octanol–water partition coefficient (Wildman–Crippen LogP) is 3.70. The van der Waals surface area contributed by atoms with E-state index in [1.54, 1.807) is 6.07 Å². The highest BCUT2D eigenvalue weighted by molar-refractivity contribution is 5.43. The van der Waals surface area contributed by atoms with Crippen molar-refractivity contribution >= 4 is 0 Å². The lowest BCUT2D eigenvalue weighted by molar-refractivity contribution is -0.137. The normalized spacial score (nSPS) is 11.5. The summed E-state index contributed by atoms with van der Waals surface area (Å²) in [6, 6.07) is 5.25. The molecule has 0 heterocycles. The molecule has 0 aromatic heterocycles.